The smallest absolute Gasteiger partial charge is 0.341 e. The van der Waals surface area contributed by atoms with Crippen molar-refractivity contribution in [3.63, 3.8) is 0 Å². The Morgan fingerprint density at radius 3 is 2.79 bits per heavy atom. The van der Waals surface area contributed by atoms with Crippen molar-refractivity contribution in [3.05, 3.63) is 58.8 Å². The quantitative estimate of drug-likeness (QED) is 0.566. The topological polar surface area (TPSA) is 96.9 Å². The van der Waals surface area contributed by atoms with Crippen LogP contribution in [0.2, 0.25) is 0 Å². The van der Waals surface area contributed by atoms with Gasteiger partial charge in [-0.15, -0.1) is 0 Å². The Labute approximate surface area is 170 Å². The summed E-state index contributed by atoms with van der Waals surface area (Å²) in [6.07, 6.45) is 1.67. The first-order valence-corrected chi connectivity index (χ1v) is 9.66. The molecule has 1 amide bonds. The number of benzene rings is 2. The molecule has 152 valence electrons. The molecule has 3 rings (SSSR count). The number of rotatable bonds is 8. The van der Waals surface area contributed by atoms with Crippen LogP contribution in [0.3, 0.4) is 0 Å². The van der Waals surface area contributed by atoms with Crippen LogP contribution in [-0.2, 0) is 9.59 Å². The van der Waals surface area contributed by atoms with Crippen molar-refractivity contribution in [1.29, 1.82) is 0 Å². The second-order valence-electron chi connectivity index (χ2n) is 5.93. The molecule has 29 heavy (non-hydrogen) atoms. The molecule has 1 atom stereocenters. The lowest BCUT2D eigenvalue weighted by Gasteiger charge is -2.13. The van der Waals surface area contributed by atoms with E-state index in [-0.39, 0.29) is 5.91 Å². The third-order valence-electron chi connectivity index (χ3n) is 3.81. The number of hydrogen-bond donors (Lipinski definition) is 3. The number of carboxylic acid groups (broad SMARTS) is 1. The molecule has 0 spiro atoms. The van der Waals surface area contributed by atoms with E-state index in [1.54, 1.807) is 49.4 Å². The van der Waals surface area contributed by atoms with E-state index in [9.17, 15) is 14.0 Å². The number of hydrogen-bond acceptors (Lipinski definition) is 6. The molecule has 3 N–H and O–H groups in total. The van der Waals surface area contributed by atoms with Crippen molar-refractivity contribution in [2.75, 3.05) is 18.5 Å². The van der Waals surface area contributed by atoms with Gasteiger partial charge >= 0.3 is 5.97 Å². The minimum atomic E-state index is -1.09. The minimum absolute atomic E-state index is 0.284. The Morgan fingerprint density at radius 2 is 2.07 bits per heavy atom. The van der Waals surface area contributed by atoms with Crippen molar-refractivity contribution in [1.82, 2.24) is 5.32 Å². The Morgan fingerprint density at radius 1 is 1.28 bits per heavy atom. The molecule has 7 nitrogen and oxygen atoms in total. The number of thioether (sulfide) groups is 1. The average molecular weight is 418 g/mol. The van der Waals surface area contributed by atoms with Crippen LogP contribution in [0.1, 0.15) is 12.5 Å². The van der Waals surface area contributed by atoms with Gasteiger partial charge in [0.2, 0.25) is 0 Å². The van der Waals surface area contributed by atoms with Crippen molar-refractivity contribution < 1.29 is 28.6 Å². The van der Waals surface area contributed by atoms with Crippen LogP contribution in [0, 0.1) is 5.82 Å². The lowest BCUT2D eigenvalue weighted by atomic mass is 10.2. The molecule has 1 fully saturated rings. The van der Waals surface area contributed by atoms with Gasteiger partial charge in [-0.05, 0) is 42.8 Å². The van der Waals surface area contributed by atoms with E-state index in [1.807, 2.05) is 0 Å². The average Bonchev–Trinajstić information content (AvgIpc) is 3.02. The molecule has 1 unspecified atom stereocenters. The van der Waals surface area contributed by atoms with Crippen LogP contribution >= 0.6 is 11.8 Å². The van der Waals surface area contributed by atoms with Gasteiger partial charge in [-0.1, -0.05) is 30.0 Å². The van der Waals surface area contributed by atoms with Crippen LogP contribution in [-0.4, -0.2) is 35.7 Å². The molecule has 1 heterocycles. The van der Waals surface area contributed by atoms with E-state index in [4.69, 9.17) is 14.6 Å². The van der Waals surface area contributed by atoms with Crippen molar-refractivity contribution >= 4 is 35.4 Å². The van der Waals surface area contributed by atoms with E-state index >= 15 is 0 Å². The Balaban J connectivity index is 1.75. The van der Waals surface area contributed by atoms with Crippen molar-refractivity contribution in [2.24, 2.45) is 0 Å². The number of para-hydroxylation sites is 1. The summed E-state index contributed by atoms with van der Waals surface area (Å²) < 4.78 is 24.5. The molecule has 1 aliphatic heterocycles. The van der Waals surface area contributed by atoms with Crippen LogP contribution in [0.15, 0.2) is 47.4 Å². The normalized spacial score (nSPS) is 17.1. The van der Waals surface area contributed by atoms with Gasteiger partial charge in [0.05, 0.1) is 17.2 Å². The Bertz CT molecular complexity index is 950. The predicted molar refractivity (Wildman–Crippen MR) is 108 cm³/mol. The first-order valence-electron chi connectivity index (χ1n) is 8.78. The Hall–Kier alpha value is -3.20. The van der Waals surface area contributed by atoms with Gasteiger partial charge < -0.3 is 25.2 Å². The number of aliphatic carboxylic acids is 1. The fourth-order valence-electron chi connectivity index (χ4n) is 2.58. The second-order valence-corrected chi connectivity index (χ2v) is 7.07. The predicted octanol–water partition coefficient (Wildman–Crippen LogP) is 3.29. The number of carboxylic acids is 1. The summed E-state index contributed by atoms with van der Waals surface area (Å²) >= 11 is 1.23. The highest BCUT2D eigenvalue weighted by atomic mass is 32.2. The van der Waals surface area contributed by atoms with E-state index in [1.165, 1.54) is 17.8 Å². The molecule has 0 radical (unpaired) electrons. The van der Waals surface area contributed by atoms with E-state index in [0.29, 0.717) is 34.3 Å². The molecule has 0 bridgehead atoms. The zero-order valence-corrected chi connectivity index (χ0v) is 16.3. The highest BCUT2D eigenvalue weighted by Crippen LogP contribution is 2.33. The van der Waals surface area contributed by atoms with Gasteiger partial charge in [0.15, 0.2) is 23.6 Å². The van der Waals surface area contributed by atoms with Crippen molar-refractivity contribution in [3.8, 4) is 11.5 Å². The number of amides is 1. The number of carbonyl (C=O) groups is 2. The van der Waals surface area contributed by atoms with E-state index < -0.39 is 23.9 Å². The Kier molecular flexibility index (Phi) is 6.61. The standard InChI is InChI=1S/C20H19FN2O5S/c1-2-27-16-9-12(7-8-15(16)28-11-18(24)25)10-17-19(26)23-20(29-17)22-14-6-4-3-5-13(14)21/h3-10,20,22H,2,11H2,1H3,(H,23,26)(H,24,25)/b17-10-. The number of halogens is 1. The zero-order chi connectivity index (χ0) is 20.8. The summed E-state index contributed by atoms with van der Waals surface area (Å²) in [7, 11) is 0. The largest absolute Gasteiger partial charge is 0.490 e. The number of ether oxygens (including phenoxy) is 2. The molecule has 9 heteroatoms. The van der Waals surface area contributed by atoms with Crippen LogP contribution in [0.5, 0.6) is 11.5 Å². The van der Waals surface area contributed by atoms with Gasteiger partial charge in [0.1, 0.15) is 5.82 Å². The highest BCUT2D eigenvalue weighted by molar-refractivity contribution is 8.05. The zero-order valence-electron chi connectivity index (χ0n) is 15.5. The second kappa shape index (κ2) is 9.33. The maximum atomic E-state index is 13.8. The molecule has 0 saturated carbocycles. The third kappa shape index (κ3) is 5.41. The lowest BCUT2D eigenvalue weighted by Crippen LogP contribution is -2.31. The SMILES string of the molecule is CCOc1cc(/C=C2\SC(Nc3ccccc3F)NC2=O)ccc1OCC(=O)O. The summed E-state index contributed by atoms with van der Waals surface area (Å²) in [6.45, 7) is 1.68. The molecule has 0 aromatic heterocycles. The first-order chi connectivity index (χ1) is 14.0. The van der Waals surface area contributed by atoms with Gasteiger partial charge in [-0.3, -0.25) is 4.79 Å². The van der Waals surface area contributed by atoms with Crippen LogP contribution in [0.4, 0.5) is 10.1 Å². The molecule has 2 aromatic carbocycles. The summed E-state index contributed by atoms with van der Waals surface area (Å²) in [6, 6.07) is 11.2. The summed E-state index contributed by atoms with van der Waals surface area (Å²) in [5.74, 6) is -1.09. The van der Waals surface area contributed by atoms with Gasteiger partial charge in [0.25, 0.3) is 5.91 Å². The van der Waals surface area contributed by atoms with E-state index in [2.05, 4.69) is 10.6 Å². The molecular weight excluding hydrogens is 399 g/mol. The molecule has 1 aliphatic rings. The van der Waals surface area contributed by atoms with Gasteiger partial charge in [0, 0.05) is 0 Å². The number of anilines is 1. The summed E-state index contributed by atoms with van der Waals surface area (Å²) in [4.78, 5) is 23.4. The summed E-state index contributed by atoms with van der Waals surface area (Å²) in [5.41, 5.74) is 0.473. The molecular formula is C20H19FN2O5S. The van der Waals surface area contributed by atoms with Crippen molar-refractivity contribution in [2.45, 2.75) is 12.4 Å². The summed E-state index contributed by atoms with van der Waals surface area (Å²) in [5, 5.41) is 14.4. The maximum Gasteiger partial charge on any atom is 0.341 e. The van der Waals surface area contributed by atoms with E-state index in [0.717, 1.165) is 0 Å². The number of nitrogens with one attached hydrogen (secondary N) is 2. The maximum absolute atomic E-state index is 13.8. The van der Waals surface area contributed by atoms with Gasteiger partial charge in [-0.25, -0.2) is 9.18 Å². The fraction of sp³-hybridized carbons (Fsp3) is 0.200. The number of carbonyl (C=O) groups excluding carboxylic acids is 1. The first kappa shape index (κ1) is 20.5. The molecule has 0 aliphatic carbocycles. The lowest BCUT2D eigenvalue weighted by molar-refractivity contribution is -0.139. The van der Waals surface area contributed by atoms with Crippen LogP contribution < -0.4 is 20.1 Å². The minimum Gasteiger partial charge on any atom is -0.490 e. The third-order valence-corrected chi connectivity index (χ3v) is 4.84. The van der Waals surface area contributed by atoms with Gasteiger partial charge in [-0.2, -0.15) is 0 Å². The fourth-order valence-corrected chi connectivity index (χ4v) is 3.55. The highest BCUT2D eigenvalue weighted by Gasteiger charge is 2.27. The molecule has 2 aromatic rings. The molecule has 1 saturated heterocycles. The van der Waals surface area contributed by atoms with Crippen LogP contribution in [0.25, 0.3) is 6.08 Å². The monoisotopic (exact) mass is 418 g/mol.